The largest absolute Gasteiger partial charge is 0.326 e. The van der Waals surface area contributed by atoms with Gasteiger partial charge in [-0.05, 0) is 49.1 Å². The smallest absolute Gasteiger partial charge is 0.243 e. The number of aryl methyl sites for hydroxylation is 2. The molecular weight excluding hydrogens is 402 g/mol. The minimum absolute atomic E-state index is 0.104. The minimum atomic E-state index is -3.50. The number of amides is 1. The van der Waals surface area contributed by atoms with E-state index in [0.29, 0.717) is 30.7 Å². The lowest BCUT2D eigenvalue weighted by molar-refractivity contribution is -0.116. The predicted molar refractivity (Wildman–Crippen MR) is 115 cm³/mol. The molecule has 8 nitrogen and oxygen atoms in total. The van der Waals surface area contributed by atoms with Crippen molar-refractivity contribution in [2.24, 2.45) is 0 Å². The summed E-state index contributed by atoms with van der Waals surface area (Å²) < 4.78 is 28.6. The van der Waals surface area contributed by atoms with Crippen LogP contribution in [0.3, 0.4) is 0 Å². The maximum Gasteiger partial charge on any atom is 0.243 e. The molecule has 3 aromatic rings. The molecular formula is C21H25N5O3S. The van der Waals surface area contributed by atoms with Crippen molar-refractivity contribution in [2.75, 3.05) is 18.4 Å². The molecule has 0 saturated carbocycles. The van der Waals surface area contributed by atoms with Gasteiger partial charge >= 0.3 is 0 Å². The standard InChI is InChI=1S/C21H25N5O3S/c1-2-16-7-3-4-8-18(16)22-21(27)11-14-26-20-10-9-17(15-19(20)23-24-26)30(28,29)25-12-5-6-13-25/h3-4,7-10,15H,2,5-6,11-14H2,1H3,(H,22,27). The number of anilines is 1. The predicted octanol–water partition coefficient (Wildman–Crippen LogP) is 2.81. The maximum atomic E-state index is 12.7. The molecule has 30 heavy (non-hydrogen) atoms. The van der Waals surface area contributed by atoms with Crippen LogP contribution in [0.2, 0.25) is 0 Å². The fourth-order valence-corrected chi connectivity index (χ4v) is 5.26. The third kappa shape index (κ3) is 4.08. The first-order chi connectivity index (χ1) is 14.5. The van der Waals surface area contributed by atoms with Crippen molar-refractivity contribution in [1.29, 1.82) is 0 Å². The van der Waals surface area contributed by atoms with Gasteiger partial charge in [0.05, 0.1) is 17.0 Å². The van der Waals surface area contributed by atoms with E-state index < -0.39 is 10.0 Å². The number of carbonyl (C=O) groups excluding carboxylic acids is 1. The van der Waals surface area contributed by atoms with Crippen molar-refractivity contribution in [1.82, 2.24) is 19.3 Å². The highest BCUT2D eigenvalue weighted by molar-refractivity contribution is 7.89. The first-order valence-corrected chi connectivity index (χ1v) is 11.6. The summed E-state index contributed by atoms with van der Waals surface area (Å²) >= 11 is 0. The van der Waals surface area contributed by atoms with Crippen LogP contribution in [0.25, 0.3) is 11.0 Å². The van der Waals surface area contributed by atoms with Gasteiger partial charge in [-0.3, -0.25) is 4.79 Å². The highest BCUT2D eigenvalue weighted by Gasteiger charge is 2.27. The Labute approximate surface area is 175 Å². The van der Waals surface area contributed by atoms with Crippen molar-refractivity contribution in [3.8, 4) is 0 Å². The van der Waals surface area contributed by atoms with E-state index >= 15 is 0 Å². The summed E-state index contributed by atoms with van der Waals surface area (Å²) in [5.74, 6) is -0.104. The molecule has 0 unspecified atom stereocenters. The molecule has 1 saturated heterocycles. The fourth-order valence-electron chi connectivity index (χ4n) is 3.73. The van der Waals surface area contributed by atoms with Gasteiger partial charge < -0.3 is 5.32 Å². The fraction of sp³-hybridized carbons (Fsp3) is 0.381. The second kappa shape index (κ2) is 8.53. The summed E-state index contributed by atoms with van der Waals surface area (Å²) in [6, 6.07) is 12.6. The van der Waals surface area contributed by atoms with Crippen LogP contribution in [0.4, 0.5) is 5.69 Å². The number of nitrogens with zero attached hydrogens (tertiary/aromatic N) is 4. The highest BCUT2D eigenvalue weighted by atomic mass is 32.2. The van der Waals surface area contributed by atoms with Crippen LogP contribution in [0, 0.1) is 0 Å². The molecule has 1 fully saturated rings. The number of aromatic nitrogens is 3. The molecule has 1 aromatic heterocycles. The van der Waals surface area contributed by atoms with Gasteiger partial charge in [0.2, 0.25) is 15.9 Å². The summed E-state index contributed by atoms with van der Waals surface area (Å²) in [6.45, 7) is 3.52. The lowest BCUT2D eigenvalue weighted by Gasteiger charge is -2.15. The molecule has 0 atom stereocenters. The Morgan fingerprint density at radius 1 is 1.13 bits per heavy atom. The number of benzene rings is 2. The highest BCUT2D eigenvalue weighted by Crippen LogP contribution is 2.24. The summed E-state index contributed by atoms with van der Waals surface area (Å²) in [4.78, 5) is 12.6. The van der Waals surface area contributed by atoms with Crippen LogP contribution in [-0.2, 0) is 27.8 Å². The summed E-state index contributed by atoms with van der Waals surface area (Å²) in [7, 11) is -3.50. The molecule has 1 N–H and O–H groups in total. The number of carbonyl (C=O) groups is 1. The maximum absolute atomic E-state index is 12.7. The second-order valence-electron chi connectivity index (χ2n) is 7.38. The Balaban J connectivity index is 1.46. The summed E-state index contributed by atoms with van der Waals surface area (Å²) in [6.07, 6.45) is 2.86. The van der Waals surface area contributed by atoms with Gasteiger partial charge in [0.25, 0.3) is 0 Å². The Kier molecular flexibility index (Phi) is 5.83. The molecule has 1 aliphatic rings. The lowest BCUT2D eigenvalue weighted by atomic mass is 10.1. The normalized spacial score (nSPS) is 15.0. The molecule has 0 radical (unpaired) electrons. The molecule has 0 bridgehead atoms. The van der Waals surface area contributed by atoms with E-state index in [9.17, 15) is 13.2 Å². The summed E-state index contributed by atoms with van der Waals surface area (Å²) in [5, 5.41) is 11.2. The van der Waals surface area contributed by atoms with Gasteiger partial charge in [0, 0.05) is 25.2 Å². The zero-order chi connectivity index (χ0) is 21.1. The van der Waals surface area contributed by atoms with Gasteiger partial charge in [-0.15, -0.1) is 5.10 Å². The lowest BCUT2D eigenvalue weighted by Crippen LogP contribution is -2.27. The third-order valence-electron chi connectivity index (χ3n) is 5.41. The van der Waals surface area contributed by atoms with E-state index in [1.54, 1.807) is 22.9 Å². The van der Waals surface area contributed by atoms with E-state index in [-0.39, 0.29) is 17.2 Å². The number of rotatable bonds is 7. The Morgan fingerprint density at radius 2 is 1.90 bits per heavy atom. The molecule has 9 heteroatoms. The van der Waals surface area contributed by atoms with Crippen molar-refractivity contribution >= 4 is 32.7 Å². The first-order valence-electron chi connectivity index (χ1n) is 10.2. The van der Waals surface area contributed by atoms with Crippen LogP contribution in [0.1, 0.15) is 31.7 Å². The number of para-hydroxylation sites is 1. The third-order valence-corrected chi connectivity index (χ3v) is 7.31. The molecule has 158 valence electrons. The topological polar surface area (TPSA) is 97.2 Å². The van der Waals surface area contributed by atoms with Gasteiger partial charge in [-0.25, -0.2) is 13.1 Å². The molecule has 4 rings (SSSR count). The van der Waals surface area contributed by atoms with E-state index in [2.05, 4.69) is 15.6 Å². The second-order valence-corrected chi connectivity index (χ2v) is 9.32. The van der Waals surface area contributed by atoms with Crippen molar-refractivity contribution in [3.05, 3.63) is 48.0 Å². The number of sulfonamides is 1. The van der Waals surface area contributed by atoms with Crippen LogP contribution in [-0.4, -0.2) is 46.7 Å². The molecule has 2 aromatic carbocycles. The van der Waals surface area contributed by atoms with E-state index in [1.807, 2.05) is 31.2 Å². The van der Waals surface area contributed by atoms with Crippen molar-refractivity contribution in [2.45, 2.75) is 44.0 Å². The Morgan fingerprint density at radius 3 is 2.67 bits per heavy atom. The number of hydrogen-bond acceptors (Lipinski definition) is 5. The monoisotopic (exact) mass is 427 g/mol. The molecule has 2 heterocycles. The van der Waals surface area contributed by atoms with Crippen molar-refractivity contribution in [3.63, 3.8) is 0 Å². The molecule has 1 amide bonds. The van der Waals surface area contributed by atoms with Gasteiger partial charge in [-0.1, -0.05) is 30.3 Å². The molecule has 1 aliphatic heterocycles. The quantitative estimate of drug-likeness (QED) is 0.625. The van der Waals surface area contributed by atoms with Crippen LogP contribution in [0.5, 0.6) is 0 Å². The Bertz CT molecular complexity index is 1170. The number of nitrogens with one attached hydrogen (secondary N) is 1. The van der Waals surface area contributed by atoms with E-state index in [1.165, 1.54) is 4.31 Å². The zero-order valence-corrected chi connectivity index (χ0v) is 17.7. The van der Waals surface area contributed by atoms with Gasteiger partial charge in [-0.2, -0.15) is 4.31 Å². The molecule has 0 spiro atoms. The number of fused-ring (bicyclic) bond motifs is 1. The van der Waals surface area contributed by atoms with E-state index in [0.717, 1.165) is 30.5 Å². The average Bonchev–Trinajstić information content (AvgIpc) is 3.43. The average molecular weight is 428 g/mol. The van der Waals surface area contributed by atoms with E-state index in [4.69, 9.17) is 0 Å². The van der Waals surface area contributed by atoms with Crippen LogP contribution >= 0.6 is 0 Å². The van der Waals surface area contributed by atoms with Gasteiger partial charge in [0.1, 0.15) is 5.52 Å². The van der Waals surface area contributed by atoms with Gasteiger partial charge in [0.15, 0.2) is 0 Å². The first kappa shape index (κ1) is 20.5. The Hall–Kier alpha value is -2.78. The minimum Gasteiger partial charge on any atom is -0.326 e. The molecule has 0 aliphatic carbocycles. The number of hydrogen-bond donors (Lipinski definition) is 1. The summed E-state index contributed by atoms with van der Waals surface area (Å²) in [5.41, 5.74) is 3.12. The van der Waals surface area contributed by atoms with Crippen molar-refractivity contribution < 1.29 is 13.2 Å². The van der Waals surface area contributed by atoms with Crippen LogP contribution < -0.4 is 5.32 Å². The van der Waals surface area contributed by atoms with Crippen LogP contribution in [0.15, 0.2) is 47.4 Å². The zero-order valence-electron chi connectivity index (χ0n) is 16.9. The SMILES string of the molecule is CCc1ccccc1NC(=O)CCn1nnc2cc(S(=O)(=O)N3CCCC3)ccc21.